The lowest BCUT2D eigenvalue weighted by molar-refractivity contribution is -0.118. The summed E-state index contributed by atoms with van der Waals surface area (Å²) in [5.74, 6) is 0.707. The minimum atomic E-state index is 0.381. The molecule has 0 aliphatic carbocycles. The maximum Gasteiger partial charge on any atom is 0.209 e. The van der Waals surface area contributed by atoms with Crippen LogP contribution in [0.2, 0.25) is 10.0 Å². The summed E-state index contributed by atoms with van der Waals surface area (Å²) in [5, 5.41) is 4.32. The second-order valence-electron chi connectivity index (χ2n) is 10.3. The SMILES string of the molecule is CCCN(C=O)CC(C)NC.CCCc1c(C)[nH]c(/C=C(\C=O)c2cc(SCc3cc(Cl)cc(Cl)c3)ccc2N)c1C. The number of H-pyrrole nitrogens is 1. The lowest BCUT2D eigenvalue weighted by atomic mass is 10.0. The van der Waals surface area contributed by atoms with E-state index in [0.29, 0.717) is 33.1 Å². The van der Waals surface area contributed by atoms with Gasteiger partial charge in [0, 0.05) is 68.0 Å². The maximum atomic E-state index is 12.0. The van der Waals surface area contributed by atoms with E-state index in [0.717, 1.165) is 72.5 Å². The van der Waals surface area contributed by atoms with E-state index in [-0.39, 0.29) is 0 Å². The van der Waals surface area contributed by atoms with Gasteiger partial charge in [-0.2, -0.15) is 0 Å². The molecule has 9 heteroatoms. The second-order valence-corrected chi connectivity index (χ2v) is 12.3. The number of hydrogen-bond acceptors (Lipinski definition) is 5. The average molecular weight is 632 g/mol. The molecule has 3 aromatic rings. The Hall–Kier alpha value is -2.71. The number of aldehydes is 1. The first-order chi connectivity index (χ1) is 20.1. The van der Waals surface area contributed by atoms with Crippen LogP contribution in [0.25, 0.3) is 11.6 Å². The molecule has 42 heavy (non-hydrogen) atoms. The van der Waals surface area contributed by atoms with E-state index < -0.39 is 0 Å². The van der Waals surface area contributed by atoms with Crippen molar-refractivity contribution in [3.8, 4) is 0 Å². The highest BCUT2D eigenvalue weighted by Crippen LogP contribution is 2.32. The van der Waals surface area contributed by atoms with Gasteiger partial charge in [-0.15, -0.1) is 11.8 Å². The number of nitrogens with two attached hydrogens (primary N) is 1. The molecule has 6 nitrogen and oxygen atoms in total. The number of carbonyl (C=O) groups is 2. The average Bonchev–Trinajstić information content (AvgIpc) is 3.22. The van der Waals surface area contributed by atoms with E-state index in [4.69, 9.17) is 28.9 Å². The van der Waals surface area contributed by atoms with E-state index >= 15 is 0 Å². The molecule has 1 atom stereocenters. The van der Waals surface area contributed by atoms with Gasteiger partial charge in [0.25, 0.3) is 0 Å². The number of thioether (sulfide) groups is 1. The molecule has 0 saturated carbocycles. The predicted octanol–water partition coefficient (Wildman–Crippen LogP) is 7.97. The minimum Gasteiger partial charge on any atom is -0.398 e. The highest BCUT2D eigenvalue weighted by Gasteiger charge is 2.13. The van der Waals surface area contributed by atoms with Gasteiger partial charge in [-0.05, 0) is 99.8 Å². The highest BCUT2D eigenvalue weighted by atomic mass is 35.5. The van der Waals surface area contributed by atoms with Crippen LogP contribution in [0, 0.1) is 13.8 Å². The fourth-order valence-corrected chi connectivity index (χ4v) is 6.01. The van der Waals surface area contributed by atoms with Crippen LogP contribution in [0.3, 0.4) is 0 Å². The zero-order valence-electron chi connectivity index (χ0n) is 25.5. The number of nitrogens with one attached hydrogen (secondary N) is 2. The molecule has 1 heterocycles. The predicted molar refractivity (Wildman–Crippen MR) is 182 cm³/mol. The Balaban J connectivity index is 0.000000476. The number of carbonyl (C=O) groups excluding carboxylic acids is 2. The fourth-order valence-electron chi connectivity index (χ4n) is 4.57. The molecule has 0 aliphatic rings. The fraction of sp³-hybridized carbons (Fsp3) is 0.394. The number of benzene rings is 2. The first-order valence-electron chi connectivity index (χ1n) is 14.3. The van der Waals surface area contributed by atoms with Crippen molar-refractivity contribution in [2.24, 2.45) is 0 Å². The quantitative estimate of drug-likeness (QED) is 0.0727. The lowest BCUT2D eigenvalue weighted by Crippen LogP contribution is -2.37. The molecule has 1 unspecified atom stereocenters. The zero-order valence-corrected chi connectivity index (χ0v) is 27.8. The molecule has 0 fully saturated rings. The van der Waals surface area contributed by atoms with E-state index in [1.807, 2.05) is 43.5 Å². The third-order valence-corrected chi connectivity index (χ3v) is 8.38. The van der Waals surface area contributed by atoms with Crippen LogP contribution in [0.15, 0.2) is 41.3 Å². The number of amides is 1. The lowest BCUT2D eigenvalue weighted by Gasteiger charge is -2.20. The van der Waals surface area contributed by atoms with Crippen LogP contribution in [0.1, 0.15) is 67.3 Å². The first kappa shape index (κ1) is 35.5. The second kappa shape index (κ2) is 18.1. The normalized spacial score (nSPS) is 12.0. The third kappa shape index (κ3) is 10.8. The van der Waals surface area contributed by atoms with Gasteiger partial charge >= 0.3 is 0 Å². The number of rotatable bonds is 14. The van der Waals surface area contributed by atoms with Crippen molar-refractivity contribution < 1.29 is 9.59 Å². The minimum absolute atomic E-state index is 0.381. The number of nitrogens with zero attached hydrogens (tertiary/aromatic N) is 1. The molecule has 3 rings (SSSR count). The molecule has 0 saturated heterocycles. The standard InChI is InChI=1S/C25H26Cl2N2OS.C8H18N2O/c1-4-5-22-15(2)25(29-16(22)3)10-18(13-30)23-12-21(6-7-24(23)28)31-14-17-8-19(26)11-20(27)9-17;1-4-5-10(7-11)6-8(2)9-3/h6-13,29H,4-5,14,28H2,1-3H3;7-9H,4-6H2,1-3H3/b18-10+;. The van der Waals surface area contributed by atoms with Crippen molar-refractivity contribution in [2.45, 2.75) is 70.6 Å². The molecular weight excluding hydrogens is 587 g/mol. The van der Waals surface area contributed by atoms with Crippen LogP contribution >= 0.6 is 35.0 Å². The summed E-state index contributed by atoms with van der Waals surface area (Å²) in [7, 11) is 1.90. The van der Waals surface area contributed by atoms with Crippen molar-refractivity contribution in [1.82, 2.24) is 15.2 Å². The van der Waals surface area contributed by atoms with Crippen molar-refractivity contribution in [1.29, 1.82) is 0 Å². The molecular formula is C33H44Cl2N4O2S. The van der Waals surface area contributed by atoms with Crippen molar-refractivity contribution in [2.75, 3.05) is 25.9 Å². The van der Waals surface area contributed by atoms with Gasteiger partial charge in [0.05, 0.1) is 0 Å². The van der Waals surface area contributed by atoms with E-state index in [9.17, 15) is 9.59 Å². The summed E-state index contributed by atoms with van der Waals surface area (Å²) < 4.78 is 0. The van der Waals surface area contributed by atoms with Gasteiger partial charge in [0.15, 0.2) is 6.29 Å². The number of aromatic nitrogens is 1. The number of allylic oxidation sites excluding steroid dienone is 1. The Bertz CT molecular complexity index is 1340. The number of nitrogen functional groups attached to an aromatic ring is 1. The number of aryl methyl sites for hydroxylation is 1. The van der Waals surface area contributed by atoms with Crippen molar-refractivity contribution in [3.63, 3.8) is 0 Å². The Labute approximate surface area is 265 Å². The van der Waals surface area contributed by atoms with E-state index in [2.05, 4.69) is 44.9 Å². The Kier molecular flexibility index (Phi) is 15.3. The maximum absolute atomic E-state index is 12.0. The van der Waals surface area contributed by atoms with Crippen molar-refractivity contribution >= 4 is 65.0 Å². The molecule has 0 aliphatic heterocycles. The van der Waals surface area contributed by atoms with Gasteiger partial charge in [-0.1, -0.05) is 43.5 Å². The summed E-state index contributed by atoms with van der Waals surface area (Å²) in [6.45, 7) is 12.1. The summed E-state index contributed by atoms with van der Waals surface area (Å²) in [6.07, 6.45) is 6.79. The van der Waals surface area contributed by atoms with Crippen LogP contribution in [0.5, 0.6) is 0 Å². The molecule has 0 spiro atoms. The van der Waals surface area contributed by atoms with Gasteiger partial charge < -0.3 is 20.9 Å². The van der Waals surface area contributed by atoms with Gasteiger partial charge in [0.2, 0.25) is 6.41 Å². The first-order valence-corrected chi connectivity index (χ1v) is 16.0. The molecule has 1 aromatic heterocycles. The van der Waals surface area contributed by atoms with Crippen LogP contribution in [-0.2, 0) is 21.8 Å². The number of aromatic amines is 1. The smallest absolute Gasteiger partial charge is 0.209 e. The van der Waals surface area contributed by atoms with E-state index in [1.54, 1.807) is 22.7 Å². The largest absolute Gasteiger partial charge is 0.398 e. The number of hydrogen-bond donors (Lipinski definition) is 3. The highest BCUT2D eigenvalue weighted by molar-refractivity contribution is 7.98. The molecule has 228 valence electrons. The molecule has 0 bridgehead atoms. The number of halogens is 2. The third-order valence-electron chi connectivity index (χ3n) is 6.88. The zero-order chi connectivity index (χ0) is 31.2. The van der Waals surface area contributed by atoms with Gasteiger partial charge in [-0.25, -0.2) is 0 Å². The molecule has 4 N–H and O–H groups in total. The molecule has 1 amide bonds. The van der Waals surface area contributed by atoms with E-state index in [1.165, 1.54) is 11.1 Å². The Morgan fingerprint density at radius 1 is 1.10 bits per heavy atom. The number of likely N-dealkylation sites (N-methyl/N-ethyl adjacent to an activating group) is 1. The Morgan fingerprint density at radius 2 is 1.79 bits per heavy atom. The van der Waals surface area contributed by atoms with Crippen LogP contribution in [-0.4, -0.2) is 48.8 Å². The molecule has 0 radical (unpaired) electrons. The molecule has 2 aromatic carbocycles. The summed E-state index contributed by atoms with van der Waals surface area (Å²) in [4.78, 5) is 28.7. The van der Waals surface area contributed by atoms with Gasteiger partial charge in [0.1, 0.15) is 0 Å². The Morgan fingerprint density at radius 3 is 2.36 bits per heavy atom. The summed E-state index contributed by atoms with van der Waals surface area (Å²) >= 11 is 13.8. The topological polar surface area (TPSA) is 91.2 Å². The van der Waals surface area contributed by atoms with Gasteiger partial charge in [-0.3, -0.25) is 9.59 Å². The van der Waals surface area contributed by atoms with Crippen molar-refractivity contribution in [3.05, 3.63) is 80.1 Å². The monoisotopic (exact) mass is 630 g/mol. The summed E-state index contributed by atoms with van der Waals surface area (Å²) in [5.41, 5.74) is 13.7. The summed E-state index contributed by atoms with van der Waals surface area (Å²) in [6, 6.07) is 11.7. The van der Waals surface area contributed by atoms with Crippen LogP contribution in [0.4, 0.5) is 5.69 Å². The van der Waals surface area contributed by atoms with Crippen LogP contribution < -0.4 is 11.1 Å². The number of anilines is 1.